The summed E-state index contributed by atoms with van der Waals surface area (Å²) in [5.74, 6) is 0. The highest BCUT2D eigenvalue weighted by Crippen LogP contribution is 2.25. The van der Waals surface area contributed by atoms with Crippen molar-refractivity contribution in [3.63, 3.8) is 0 Å². The van der Waals surface area contributed by atoms with E-state index in [0.717, 1.165) is 4.47 Å². The van der Waals surface area contributed by atoms with Crippen LogP contribution < -0.4 is 5.32 Å². The van der Waals surface area contributed by atoms with Gasteiger partial charge in [-0.05, 0) is 34.1 Å². The molecule has 0 bridgehead atoms. The third kappa shape index (κ3) is 4.45. The zero-order valence-corrected chi connectivity index (χ0v) is 11.9. The quantitative estimate of drug-likeness (QED) is 0.768. The molecule has 0 saturated carbocycles. The summed E-state index contributed by atoms with van der Waals surface area (Å²) in [4.78, 5) is 13.1. The molecule has 100 valence electrons. The van der Waals surface area contributed by atoms with E-state index in [2.05, 4.69) is 21.2 Å². The largest absolute Gasteiger partial charge is 0.395 e. The molecule has 0 aliphatic heterocycles. The third-order valence-corrected chi connectivity index (χ3v) is 3.43. The van der Waals surface area contributed by atoms with E-state index in [1.54, 1.807) is 18.2 Å². The molecule has 7 heteroatoms. The predicted molar refractivity (Wildman–Crippen MR) is 73.9 cm³/mol. The first-order chi connectivity index (χ1) is 8.58. The minimum Gasteiger partial charge on any atom is -0.395 e. The highest BCUT2D eigenvalue weighted by atomic mass is 79.9. The number of nitrogens with zero attached hydrogens (tertiary/aromatic N) is 1. The van der Waals surface area contributed by atoms with Crippen molar-refractivity contribution in [3.05, 3.63) is 27.7 Å². The van der Waals surface area contributed by atoms with Crippen molar-refractivity contribution in [1.82, 2.24) is 4.90 Å². The summed E-state index contributed by atoms with van der Waals surface area (Å²) in [6.07, 6.45) is 0. The van der Waals surface area contributed by atoms with Gasteiger partial charge in [-0.3, -0.25) is 0 Å². The van der Waals surface area contributed by atoms with Gasteiger partial charge in [-0.15, -0.1) is 0 Å². The Morgan fingerprint density at radius 1 is 1.33 bits per heavy atom. The van der Waals surface area contributed by atoms with Crippen LogP contribution in [0.5, 0.6) is 0 Å². The molecular weight excluding hydrogens is 323 g/mol. The summed E-state index contributed by atoms with van der Waals surface area (Å²) in [5.41, 5.74) is 0.550. The van der Waals surface area contributed by atoms with Gasteiger partial charge >= 0.3 is 6.03 Å². The van der Waals surface area contributed by atoms with Crippen LogP contribution in [0.1, 0.15) is 0 Å². The molecule has 0 atom stereocenters. The Kier molecular flexibility index (Phi) is 6.42. The number of aliphatic hydroxyl groups is 2. The average molecular weight is 338 g/mol. The van der Waals surface area contributed by atoms with Crippen molar-refractivity contribution in [2.24, 2.45) is 0 Å². The number of aliphatic hydroxyl groups excluding tert-OH is 2. The van der Waals surface area contributed by atoms with Crippen molar-refractivity contribution < 1.29 is 15.0 Å². The van der Waals surface area contributed by atoms with E-state index in [4.69, 9.17) is 21.8 Å². The Bertz CT molecular complexity index is 411. The van der Waals surface area contributed by atoms with Crippen LogP contribution in [0.4, 0.5) is 10.5 Å². The van der Waals surface area contributed by atoms with Gasteiger partial charge in [-0.1, -0.05) is 11.6 Å². The van der Waals surface area contributed by atoms with Gasteiger partial charge in [0.25, 0.3) is 0 Å². The van der Waals surface area contributed by atoms with Crippen LogP contribution in [0, 0.1) is 0 Å². The van der Waals surface area contributed by atoms with E-state index >= 15 is 0 Å². The van der Waals surface area contributed by atoms with Crippen LogP contribution in [-0.2, 0) is 0 Å². The maximum atomic E-state index is 11.8. The number of rotatable bonds is 5. The molecule has 3 N–H and O–H groups in total. The highest BCUT2D eigenvalue weighted by Gasteiger charge is 2.12. The molecule has 0 fully saturated rings. The second kappa shape index (κ2) is 7.58. The van der Waals surface area contributed by atoms with Crippen LogP contribution >= 0.6 is 27.5 Å². The normalized spacial score (nSPS) is 10.2. The molecule has 0 radical (unpaired) electrons. The van der Waals surface area contributed by atoms with E-state index in [9.17, 15) is 4.79 Å². The van der Waals surface area contributed by atoms with E-state index in [-0.39, 0.29) is 26.3 Å². The van der Waals surface area contributed by atoms with Crippen LogP contribution in [0.2, 0.25) is 5.02 Å². The number of amides is 2. The lowest BCUT2D eigenvalue weighted by Crippen LogP contribution is -2.38. The maximum absolute atomic E-state index is 11.8. The summed E-state index contributed by atoms with van der Waals surface area (Å²) in [7, 11) is 0. The smallest absolute Gasteiger partial charge is 0.322 e. The average Bonchev–Trinajstić information content (AvgIpc) is 2.33. The molecule has 0 aromatic heterocycles. The van der Waals surface area contributed by atoms with Gasteiger partial charge in [-0.25, -0.2) is 4.79 Å². The van der Waals surface area contributed by atoms with Gasteiger partial charge in [0.15, 0.2) is 0 Å². The molecule has 1 rings (SSSR count). The van der Waals surface area contributed by atoms with Gasteiger partial charge in [0.1, 0.15) is 0 Å². The Balaban J connectivity index is 2.69. The highest BCUT2D eigenvalue weighted by molar-refractivity contribution is 9.10. The SMILES string of the molecule is O=C(Nc1ccc(Br)c(Cl)c1)N(CCO)CCO. The maximum Gasteiger partial charge on any atom is 0.322 e. The van der Waals surface area contributed by atoms with Gasteiger partial charge in [0.2, 0.25) is 0 Å². The molecule has 0 unspecified atom stereocenters. The molecule has 0 saturated heterocycles. The van der Waals surface area contributed by atoms with Crippen molar-refractivity contribution in [1.29, 1.82) is 0 Å². The Morgan fingerprint density at radius 2 is 1.94 bits per heavy atom. The van der Waals surface area contributed by atoms with Crippen molar-refractivity contribution in [2.45, 2.75) is 0 Å². The number of benzene rings is 1. The molecule has 1 aromatic rings. The lowest BCUT2D eigenvalue weighted by atomic mass is 10.3. The fourth-order valence-electron chi connectivity index (χ4n) is 1.33. The number of halogens is 2. The summed E-state index contributed by atoms with van der Waals surface area (Å²) >= 11 is 9.16. The summed E-state index contributed by atoms with van der Waals surface area (Å²) in [6.45, 7) is 0.0103. The number of anilines is 1. The second-order valence-corrected chi connectivity index (χ2v) is 4.75. The predicted octanol–water partition coefficient (Wildman–Crippen LogP) is 1.92. The minimum atomic E-state index is -0.392. The molecule has 0 heterocycles. The molecule has 1 aromatic carbocycles. The van der Waals surface area contributed by atoms with Crippen molar-refractivity contribution in [3.8, 4) is 0 Å². The van der Waals surface area contributed by atoms with E-state index in [0.29, 0.717) is 10.7 Å². The Hall–Kier alpha value is -0.820. The van der Waals surface area contributed by atoms with Crippen LogP contribution in [-0.4, -0.2) is 47.4 Å². The van der Waals surface area contributed by atoms with Crippen LogP contribution in [0.3, 0.4) is 0 Å². The fourth-order valence-corrected chi connectivity index (χ4v) is 1.76. The zero-order valence-electron chi connectivity index (χ0n) is 9.57. The van der Waals surface area contributed by atoms with Crippen LogP contribution in [0.25, 0.3) is 0 Å². The van der Waals surface area contributed by atoms with Crippen molar-refractivity contribution in [2.75, 3.05) is 31.6 Å². The fraction of sp³-hybridized carbons (Fsp3) is 0.364. The standard InChI is InChI=1S/C11H14BrClN2O3/c12-9-2-1-8(7-10(9)13)14-11(18)15(3-5-16)4-6-17/h1-2,7,16-17H,3-6H2,(H,14,18). The van der Waals surface area contributed by atoms with Crippen molar-refractivity contribution >= 4 is 39.2 Å². The van der Waals surface area contributed by atoms with E-state index in [1.165, 1.54) is 4.90 Å². The zero-order chi connectivity index (χ0) is 13.5. The molecule has 0 aliphatic rings. The number of hydrogen-bond donors (Lipinski definition) is 3. The topological polar surface area (TPSA) is 72.8 Å². The number of carbonyl (C=O) groups is 1. The molecule has 18 heavy (non-hydrogen) atoms. The van der Waals surface area contributed by atoms with Gasteiger partial charge in [0.05, 0.1) is 18.2 Å². The summed E-state index contributed by atoms with van der Waals surface area (Å²) < 4.78 is 0.740. The lowest BCUT2D eigenvalue weighted by Gasteiger charge is -2.21. The summed E-state index contributed by atoms with van der Waals surface area (Å²) in [5, 5.41) is 20.8. The number of nitrogens with one attached hydrogen (secondary N) is 1. The molecule has 0 aliphatic carbocycles. The van der Waals surface area contributed by atoms with Gasteiger partial charge < -0.3 is 20.4 Å². The minimum absolute atomic E-state index is 0.158. The molecule has 2 amide bonds. The first-order valence-electron chi connectivity index (χ1n) is 5.31. The van der Waals surface area contributed by atoms with E-state index in [1.807, 2.05) is 0 Å². The van der Waals surface area contributed by atoms with Crippen LogP contribution in [0.15, 0.2) is 22.7 Å². The molecule has 0 spiro atoms. The number of urea groups is 1. The molecule has 5 nitrogen and oxygen atoms in total. The Morgan fingerprint density at radius 3 is 2.44 bits per heavy atom. The van der Waals surface area contributed by atoms with Gasteiger partial charge in [-0.2, -0.15) is 0 Å². The third-order valence-electron chi connectivity index (χ3n) is 2.20. The first kappa shape index (κ1) is 15.2. The second-order valence-electron chi connectivity index (χ2n) is 3.49. The number of hydrogen-bond acceptors (Lipinski definition) is 3. The van der Waals surface area contributed by atoms with Gasteiger partial charge in [0, 0.05) is 23.2 Å². The lowest BCUT2D eigenvalue weighted by molar-refractivity contribution is 0.167. The monoisotopic (exact) mass is 336 g/mol. The molecular formula is C11H14BrClN2O3. The first-order valence-corrected chi connectivity index (χ1v) is 6.48. The number of carbonyl (C=O) groups excluding carboxylic acids is 1. The van der Waals surface area contributed by atoms with E-state index < -0.39 is 6.03 Å². The Labute approximate surface area is 118 Å². The summed E-state index contributed by atoms with van der Waals surface area (Å²) in [6, 6.07) is 4.64.